The fourth-order valence-electron chi connectivity index (χ4n) is 1.45. The van der Waals surface area contributed by atoms with E-state index in [1.807, 2.05) is 0 Å². The predicted molar refractivity (Wildman–Crippen MR) is 61.3 cm³/mol. The second-order valence-electron chi connectivity index (χ2n) is 3.64. The summed E-state index contributed by atoms with van der Waals surface area (Å²) in [7, 11) is 0. The van der Waals surface area contributed by atoms with E-state index in [9.17, 15) is 9.90 Å². The Balaban J connectivity index is 3.20. The lowest BCUT2D eigenvalue weighted by Crippen LogP contribution is -2.31. The van der Waals surface area contributed by atoms with Crippen molar-refractivity contribution in [1.82, 2.24) is 0 Å². The molecule has 1 aromatic carbocycles. The van der Waals surface area contributed by atoms with Gasteiger partial charge in [0.2, 0.25) is 0 Å². The van der Waals surface area contributed by atoms with E-state index < -0.39 is 11.4 Å². The molecule has 0 fully saturated rings. The van der Waals surface area contributed by atoms with Crippen LogP contribution in [0.5, 0.6) is 0 Å². The van der Waals surface area contributed by atoms with E-state index in [0.29, 0.717) is 17.0 Å². The minimum atomic E-state index is -0.952. The lowest BCUT2D eigenvalue weighted by molar-refractivity contribution is -0.143. The van der Waals surface area contributed by atoms with Crippen LogP contribution in [0.25, 0.3) is 0 Å². The first kappa shape index (κ1) is 11.8. The molecule has 1 rings (SSSR count). The Morgan fingerprint density at radius 2 is 2.33 bits per heavy atom. The first-order valence-corrected chi connectivity index (χ1v) is 4.99. The molecule has 0 aliphatic rings. The van der Waals surface area contributed by atoms with Crippen LogP contribution >= 0.6 is 11.6 Å². The van der Waals surface area contributed by atoms with Gasteiger partial charge in [0.15, 0.2) is 0 Å². The van der Waals surface area contributed by atoms with Crippen molar-refractivity contribution in [2.75, 3.05) is 0 Å². The summed E-state index contributed by atoms with van der Waals surface area (Å²) < 4.78 is 0. The first-order valence-electron chi connectivity index (χ1n) is 4.61. The number of hydrogen-bond acceptors (Lipinski definition) is 1. The van der Waals surface area contributed by atoms with Gasteiger partial charge in [0.25, 0.3) is 0 Å². The van der Waals surface area contributed by atoms with Gasteiger partial charge in [0.05, 0.1) is 5.41 Å². The highest BCUT2D eigenvalue weighted by Gasteiger charge is 2.33. The molecule has 0 unspecified atom stereocenters. The summed E-state index contributed by atoms with van der Waals surface area (Å²) in [5.41, 5.74) is -0.255. The van der Waals surface area contributed by atoms with Gasteiger partial charge in [-0.05, 0) is 31.0 Å². The maximum absolute atomic E-state index is 11.2. The van der Waals surface area contributed by atoms with E-state index in [2.05, 4.69) is 6.58 Å². The molecule has 0 saturated carbocycles. The Labute approximate surface area is 94.2 Å². The smallest absolute Gasteiger partial charge is 0.314 e. The summed E-state index contributed by atoms with van der Waals surface area (Å²) in [6.45, 7) is 5.25. The zero-order valence-corrected chi connectivity index (χ0v) is 9.29. The molecule has 0 aliphatic carbocycles. The van der Waals surface area contributed by atoms with Crippen LogP contribution in [-0.4, -0.2) is 11.1 Å². The molecule has 1 aromatic rings. The van der Waals surface area contributed by atoms with Crippen molar-refractivity contribution in [3.63, 3.8) is 0 Å². The number of carbonyl (C=O) groups is 1. The fraction of sp³-hybridized carbons (Fsp3) is 0.250. The standard InChI is InChI=1S/C12H13ClO2/c1-3-7-12(2,11(14)15)9-5-4-6-10(13)8-9/h3-6,8H,1,7H2,2H3,(H,14,15)/t12-/m1/s1. The van der Waals surface area contributed by atoms with Crippen LogP contribution in [0.1, 0.15) is 18.9 Å². The van der Waals surface area contributed by atoms with Gasteiger partial charge < -0.3 is 5.11 Å². The number of halogens is 1. The quantitative estimate of drug-likeness (QED) is 0.798. The molecule has 0 amide bonds. The summed E-state index contributed by atoms with van der Waals surface area (Å²) in [5, 5.41) is 9.76. The van der Waals surface area contributed by atoms with Crippen LogP contribution in [0, 0.1) is 0 Å². The van der Waals surface area contributed by atoms with Gasteiger partial charge >= 0.3 is 5.97 Å². The minimum Gasteiger partial charge on any atom is -0.481 e. The molecule has 80 valence electrons. The molecule has 0 spiro atoms. The number of rotatable bonds is 4. The monoisotopic (exact) mass is 224 g/mol. The highest BCUT2D eigenvalue weighted by Crippen LogP contribution is 2.30. The number of carboxylic acids is 1. The highest BCUT2D eigenvalue weighted by molar-refractivity contribution is 6.30. The Morgan fingerprint density at radius 3 is 2.80 bits per heavy atom. The Hall–Kier alpha value is -1.28. The normalized spacial score (nSPS) is 14.3. The third kappa shape index (κ3) is 2.39. The van der Waals surface area contributed by atoms with Crippen molar-refractivity contribution in [2.24, 2.45) is 0 Å². The van der Waals surface area contributed by atoms with E-state index in [4.69, 9.17) is 11.6 Å². The van der Waals surface area contributed by atoms with E-state index in [1.165, 1.54) is 0 Å². The van der Waals surface area contributed by atoms with Crippen molar-refractivity contribution in [1.29, 1.82) is 0 Å². The third-order valence-corrected chi connectivity index (χ3v) is 2.72. The molecule has 0 heterocycles. The minimum absolute atomic E-state index is 0.378. The van der Waals surface area contributed by atoms with E-state index in [-0.39, 0.29) is 0 Å². The summed E-state index contributed by atoms with van der Waals surface area (Å²) in [6, 6.07) is 6.92. The molecule has 0 saturated heterocycles. The molecule has 0 radical (unpaired) electrons. The summed E-state index contributed by atoms with van der Waals surface area (Å²) in [6.07, 6.45) is 1.98. The van der Waals surface area contributed by atoms with Crippen molar-refractivity contribution in [2.45, 2.75) is 18.8 Å². The van der Waals surface area contributed by atoms with Gasteiger partial charge in [-0.15, -0.1) is 6.58 Å². The highest BCUT2D eigenvalue weighted by atomic mass is 35.5. The van der Waals surface area contributed by atoms with Gasteiger partial charge in [-0.25, -0.2) is 0 Å². The van der Waals surface area contributed by atoms with Crippen LogP contribution in [0.2, 0.25) is 5.02 Å². The molecular formula is C12H13ClO2. The maximum atomic E-state index is 11.2. The van der Waals surface area contributed by atoms with E-state index >= 15 is 0 Å². The predicted octanol–water partition coefficient (Wildman–Crippen LogP) is 3.26. The molecule has 1 N–H and O–H groups in total. The van der Waals surface area contributed by atoms with Crippen molar-refractivity contribution < 1.29 is 9.90 Å². The number of allylic oxidation sites excluding steroid dienone is 1. The largest absolute Gasteiger partial charge is 0.481 e. The Bertz CT molecular complexity index is 387. The summed E-state index contributed by atoms with van der Waals surface area (Å²) in [5.74, 6) is -0.871. The van der Waals surface area contributed by atoms with Gasteiger partial charge in [0.1, 0.15) is 0 Å². The molecule has 1 atom stereocenters. The number of benzene rings is 1. The Morgan fingerprint density at radius 1 is 1.67 bits per heavy atom. The molecule has 15 heavy (non-hydrogen) atoms. The van der Waals surface area contributed by atoms with Crippen molar-refractivity contribution in [3.05, 3.63) is 47.5 Å². The lowest BCUT2D eigenvalue weighted by atomic mass is 9.80. The second kappa shape index (κ2) is 4.49. The molecule has 0 bridgehead atoms. The summed E-state index contributed by atoms with van der Waals surface area (Å²) in [4.78, 5) is 11.2. The van der Waals surface area contributed by atoms with Gasteiger partial charge in [0, 0.05) is 5.02 Å². The number of aliphatic carboxylic acids is 1. The maximum Gasteiger partial charge on any atom is 0.314 e. The van der Waals surface area contributed by atoms with Crippen molar-refractivity contribution in [3.8, 4) is 0 Å². The van der Waals surface area contributed by atoms with Crippen LogP contribution in [0.15, 0.2) is 36.9 Å². The van der Waals surface area contributed by atoms with Crippen LogP contribution < -0.4 is 0 Å². The Kier molecular flexibility index (Phi) is 3.53. The average Bonchev–Trinajstić information content (AvgIpc) is 2.17. The molecule has 0 aromatic heterocycles. The van der Waals surface area contributed by atoms with E-state index in [0.717, 1.165) is 0 Å². The van der Waals surface area contributed by atoms with Crippen LogP contribution in [0.3, 0.4) is 0 Å². The third-order valence-electron chi connectivity index (χ3n) is 2.49. The van der Waals surface area contributed by atoms with Crippen molar-refractivity contribution >= 4 is 17.6 Å². The van der Waals surface area contributed by atoms with Crippen LogP contribution in [-0.2, 0) is 10.2 Å². The number of carboxylic acid groups (broad SMARTS) is 1. The molecule has 3 heteroatoms. The zero-order valence-electron chi connectivity index (χ0n) is 8.53. The van der Waals surface area contributed by atoms with E-state index in [1.54, 1.807) is 37.3 Å². The van der Waals surface area contributed by atoms with Gasteiger partial charge in [-0.3, -0.25) is 4.79 Å². The van der Waals surface area contributed by atoms with Crippen LogP contribution in [0.4, 0.5) is 0 Å². The lowest BCUT2D eigenvalue weighted by Gasteiger charge is -2.23. The number of hydrogen-bond donors (Lipinski definition) is 1. The zero-order chi connectivity index (χ0) is 11.5. The average molecular weight is 225 g/mol. The molecule has 0 aliphatic heterocycles. The molecular weight excluding hydrogens is 212 g/mol. The SMILES string of the molecule is C=CC[C@@](C)(C(=O)O)c1cccc(Cl)c1. The topological polar surface area (TPSA) is 37.3 Å². The first-order chi connectivity index (χ1) is 7.00. The fourth-order valence-corrected chi connectivity index (χ4v) is 1.64. The van der Waals surface area contributed by atoms with Gasteiger partial charge in [-0.2, -0.15) is 0 Å². The molecule has 2 nitrogen and oxygen atoms in total. The summed E-state index contributed by atoms with van der Waals surface area (Å²) >= 11 is 5.84. The second-order valence-corrected chi connectivity index (χ2v) is 4.08. The van der Waals surface area contributed by atoms with Gasteiger partial charge in [-0.1, -0.05) is 29.8 Å².